The van der Waals surface area contributed by atoms with Gasteiger partial charge in [-0.15, -0.1) is 0 Å². The number of fused-ring (bicyclic) bond motifs is 2. The van der Waals surface area contributed by atoms with Crippen LogP contribution in [0.5, 0.6) is 0 Å². The van der Waals surface area contributed by atoms with E-state index in [1.54, 1.807) is 0 Å². The van der Waals surface area contributed by atoms with Gasteiger partial charge in [0.1, 0.15) is 5.78 Å². The summed E-state index contributed by atoms with van der Waals surface area (Å²) < 4.78 is 32.7. The highest BCUT2D eigenvalue weighted by atomic mass is 32.2. The summed E-state index contributed by atoms with van der Waals surface area (Å²) in [5, 5.41) is 3.78. The quantitative estimate of drug-likeness (QED) is 0.795. The number of ketones is 1. The lowest BCUT2D eigenvalue weighted by Gasteiger charge is -2.36. The maximum Gasteiger partial charge on any atom is 0.227 e. The summed E-state index contributed by atoms with van der Waals surface area (Å²) in [5.41, 5.74) is -0.981. The van der Waals surface area contributed by atoms with Gasteiger partial charge in [-0.05, 0) is 24.2 Å². The molecule has 2 fully saturated rings. The summed E-state index contributed by atoms with van der Waals surface area (Å²) >= 11 is 0. The molecule has 134 valence electrons. The van der Waals surface area contributed by atoms with Gasteiger partial charge in [-0.25, -0.2) is 13.1 Å². The summed E-state index contributed by atoms with van der Waals surface area (Å²) in [6.07, 6.45) is 3.16. The van der Waals surface area contributed by atoms with E-state index in [0.29, 0.717) is 43.3 Å². The maximum absolute atomic E-state index is 12.5. The third-order valence-electron chi connectivity index (χ3n) is 6.06. The highest BCUT2D eigenvalue weighted by Crippen LogP contribution is 2.64. The van der Waals surface area contributed by atoms with Gasteiger partial charge in [0.25, 0.3) is 0 Å². The van der Waals surface area contributed by atoms with Crippen LogP contribution in [0.4, 0.5) is 0 Å². The Bertz CT molecular complexity index is 740. The number of aromatic nitrogens is 2. The zero-order valence-corrected chi connectivity index (χ0v) is 15.3. The number of aryl methyl sites for hydroxylation is 1. The van der Waals surface area contributed by atoms with Crippen LogP contribution in [0, 0.1) is 16.7 Å². The first-order valence-electron chi connectivity index (χ1n) is 8.52. The molecule has 8 heteroatoms. The van der Waals surface area contributed by atoms with Gasteiger partial charge < -0.3 is 4.52 Å². The summed E-state index contributed by atoms with van der Waals surface area (Å²) in [6, 6.07) is 0. The van der Waals surface area contributed by atoms with Crippen molar-refractivity contribution in [1.82, 2.24) is 14.9 Å². The Morgan fingerprint density at radius 2 is 2.12 bits per heavy atom. The fourth-order valence-corrected chi connectivity index (χ4v) is 6.17. The molecule has 24 heavy (non-hydrogen) atoms. The lowest BCUT2D eigenvalue weighted by molar-refractivity contribution is -0.128. The first-order valence-corrected chi connectivity index (χ1v) is 10.2. The van der Waals surface area contributed by atoms with E-state index in [0.717, 1.165) is 6.42 Å². The Balaban J connectivity index is 1.63. The maximum atomic E-state index is 12.5. The molecule has 0 aromatic carbocycles. The average molecular weight is 355 g/mol. The second-order valence-electron chi connectivity index (χ2n) is 7.53. The zero-order valence-electron chi connectivity index (χ0n) is 14.5. The molecule has 2 saturated carbocycles. The molecule has 3 rings (SSSR count). The molecule has 2 aliphatic carbocycles. The lowest BCUT2D eigenvalue weighted by Crippen LogP contribution is -2.45. The molecule has 1 heterocycles. The van der Waals surface area contributed by atoms with E-state index in [2.05, 4.69) is 14.9 Å². The molecule has 0 spiro atoms. The molecular formula is C16H25N3O4S. The van der Waals surface area contributed by atoms with Crippen LogP contribution >= 0.6 is 0 Å². The van der Waals surface area contributed by atoms with Crippen molar-refractivity contribution in [3.05, 3.63) is 11.7 Å². The average Bonchev–Trinajstić information content (AvgIpc) is 3.09. The van der Waals surface area contributed by atoms with Crippen LogP contribution in [-0.2, 0) is 27.7 Å². The SMILES string of the molecule is CCc1noc(CCNS(=O)(=O)C[C@]23CCC(CC2=O)C3(C)C)n1. The van der Waals surface area contributed by atoms with E-state index in [9.17, 15) is 13.2 Å². The predicted octanol–water partition coefficient (Wildman–Crippen LogP) is 1.49. The van der Waals surface area contributed by atoms with Crippen molar-refractivity contribution in [3.8, 4) is 0 Å². The Morgan fingerprint density at radius 1 is 1.38 bits per heavy atom. The second kappa shape index (κ2) is 5.91. The summed E-state index contributed by atoms with van der Waals surface area (Å²) in [6.45, 7) is 6.19. The van der Waals surface area contributed by atoms with Crippen LogP contribution in [0.1, 0.15) is 51.7 Å². The van der Waals surface area contributed by atoms with Crippen LogP contribution in [0.25, 0.3) is 0 Å². The third kappa shape index (κ3) is 2.79. The van der Waals surface area contributed by atoms with E-state index in [1.165, 1.54) is 0 Å². The zero-order chi connectivity index (χ0) is 17.6. The van der Waals surface area contributed by atoms with Gasteiger partial charge in [0.15, 0.2) is 5.82 Å². The first-order chi connectivity index (χ1) is 11.2. The second-order valence-corrected chi connectivity index (χ2v) is 9.33. The largest absolute Gasteiger partial charge is 0.339 e. The Kier molecular flexibility index (Phi) is 4.32. The molecule has 7 nitrogen and oxygen atoms in total. The van der Waals surface area contributed by atoms with Crippen LogP contribution in [0.2, 0.25) is 0 Å². The van der Waals surface area contributed by atoms with Crippen molar-refractivity contribution in [2.45, 2.75) is 52.9 Å². The molecule has 1 aromatic rings. The molecule has 0 aliphatic heterocycles. The molecule has 2 atom stereocenters. The van der Waals surface area contributed by atoms with Gasteiger partial charge >= 0.3 is 0 Å². The minimum absolute atomic E-state index is 0.110. The molecule has 0 saturated heterocycles. The van der Waals surface area contributed by atoms with Gasteiger partial charge in [0, 0.05) is 31.2 Å². The lowest BCUT2D eigenvalue weighted by atomic mass is 9.70. The van der Waals surface area contributed by atoms with E-state index < -0.39 is 15.4 Å². The number of hydrogen-bond donors (Lipinski definition) is 1. The molecule has 2 aliphatic rings. The summed E-state index contributed by atoms with van der Waals surface area (Å²) in [5.74, 6) is 1.34. The smallest absolute Gasteiger partial charge is 0.227 e. The molecule has 1 unspecified atom stereocenters. The summed E-state index contributed by atoms with van der Waals surface area (Å²) in [7, 11) is -3.54. The van der Waals surface area contributed by atoms with Crippen molar-refractivity contribution < 1.29 is 17.7 Å². The Hall–Kier alpha value is -1.28. The first kappa shape index (κ1) is 17.5. The highest BCUT2D eigenvalue weighted by molar-refractivity contribution is 7.89. The number of nitrogens with zero attached hydrogens (tertiary/aromatic N) is 2. The fourth-order valence-electron chi connectivity index (χ4n) is 4.33. The van der Waals surface area contributed by atoms with E-state index in [-0.39, 0.29) is 23.5 Å². The number of sulfonamides is 1. The van der Waals surface area contributed by atoms with Gasteiger partial charge in [-0.3, -0.25) is 4.79 Å². The van der Waals surface area contributed by atoms with Crippen LogP contribution in [0.15, 0.2) is 4.52 Å². The van der Waals surface area contributed by atoms with Crippen molar-refractivity contribution >= 4 is 15.8 Å². The van der Waals surface area contributed by atoms with Crippen molar-refractivity contribution in [2.75, 3.05) is 12.3 Å². The van der Waals surface area contributed by atoms with Crippen molar-refractivity contribution in [3.63, 3.8) is 0 Å². The number of Topliss-reactive ketones (excluding diaryl/α,β-unsaturated/α-hetero) is 1. The fraction of sp³-hybridized carbons (Fsp3) is 0.812. The monoisotopic (exact) mass is 355 g/mol. The van der Waals surface area contributed by atoms with E-state index >= 15 is 0 Å². The standard InChI is InChI=1S/C16H25N3O4S/c1-4-13-18-14(23-19-13)6-8-17-24(21,22)10-16-7-5-11(9-12(16)20)15(16,2)3/h11,17H,4-10H2,1-3H3/t11?,16-/m1/s1. The Labute approximate surface area is 142 Å². The number of carbonyl (C=O) groups is 1. The number of rotatable bonds is 7. The van der Waals surface area contributed by atoms with E-state index in [1.807, 2.05) is 20.8 Å². The topological polar surface area (TPSA) is 102 Å². The van der Waals surface area contributed by atoms with Gasteiger partial charge in [-0.2, -0.15) is 4.98 Å². The third-order valence-corrected chi connectivity index (χ3v) is 7.58. The molecule has 1 N–H and O–H groups in total. The molecule has 2 bridgehead atoms. The minimum Gasteiger partial charge on any atom is -0.339 e. The molecule has 0 radical (unpaired) electrons. The Morgan fingerprint density at radius 3 is 2.67 bits per heavy atom. The number of hydrogen-bond acceptors (Lipinski definition) is 6. The van der Waals surface area contributed by atoms with Crippen LogP contribution in [-0.4, -0.2) is 36.6 Å². The molecule has 0 amide bonds. The minimum atomic E-state index is -3.54. The molecular weight excluding hydrogens is 330 g/mol. The van der Waals surface area contributed by atoms with Crippen molar-refractivity contribution in [2.24, 2.45) is 16.7 Å². The van der Waals surface area contributed by atoms with Gasteiger partial charge in [0.2, 0.25) is 15.9 Å². The van der Waals surface area contributed by atoms with Gasteiger partial charge in [-0.1, -0.05) is 25.9 Å². The highest BCUT2D eigenvalue weighted by Gasteiger charge is 2.65. The number of nitrogens with one attached hydrogen (secondary N) is 1. The summed E-state index contributed by atoms with van der Waals surface area (Å²) in [4.78, 5) is 16.6. The predicted molar refractivity (Wildman–Crippen MR) is 87.7 cm³/mol. The van der Waals surface area contributed by atoms with Crippen molar-refractivity contribution in [1.29, 1.82) is 0 Å². The van der Waals surface area contributed by atoms with Crippen LogP contribution in [0.3, 0.4) is 0 Å². The van der Waals surface area contributed by atoms with Gasteiger partial charge in [0.05, 0.1) is 5.75 Å². The number of carbonyl (C=O) groups excluding carboxylic acids is 1. The van der Waals surface area contributed by atoms with Crippen LogP contribution < -0.4 is 4.72 Å². The molecule has 1 aromatic heterocycles. The normalized spacial score (nSPS) is 28.6. The van der Waals surface area contributed by atoms with E-state index in [4.69, 9.17) is 4.52 Å².